The SMILES string of the molecule is CC(C)n1nc(Cc2c(Cl)cc(-n3ncc(=O)[nH]c3=O)cc2Cl)oc1=O. The van der Waals surface area contributed by atoms with Gasteiger partial charge in [-0.2, -0.15) is 14.5 Å². The first-order valence-electron chi connectivity index (χ1n) is 7.51. The fourth-order valence-electron chi connectivity index (χ4n) is 2.30. The summed E-state index contributed by atoms with van der Waals surface area (Å²) in [6, 6.07) is 2.78. The highest BCUT2D eigenvalue weighted by Gasteiger charge is 2.16. The third-order valence-electron chi connectivity index (χ3n) is 3.51. The quantitative estimate of drug-likeness (QED) is 0.713. The van der Waals surface area contributed by atoms with Crippen LogP contribution in [0.4, 0.5) is 0 Å². The maximum atomic E-state index is 11.8. The van der Waals surface area contributed by atoms with E-state index in [1.807, 2.05) is 0 Å². The average Bonchev–Trinajstić information content (AvgIpc) is 2.91. The van der Waals surface area contributed by atoms with Crippen molar-refractivity contribution in [2.75, 3.05) is 0 Å². The van der Waals surface area contributed by atoms with E-state index in [4.69, 9.17) is 27.6 Å². The van der Waals surface area contributed by atoms with Crippen molar-refractivity contribution in [2.24, 2.45) is 0 Å². The molecule has 0 aliphatic heterocycles. The first-order chi connectivity index (χ1) is 12.3. The van der Waals surface area contributed by atoms with Gasteiger partial charge in [0.15, 0.2) is 0 Å². The summed E-state index contributed by atoms with van der Waals surface area (Å²) in [7, 11) is 0. The lowest BCUT2D eigenvalue weighted by atomic mass is 10.1. The van der Waals surface area contributed by atoms with Crippen molar-refractivity contribution in [1.29, 1.82) is 0 Å². The number of benzene rings is 1. The summed E-state index contributed by atoms with van der Waals surface area (Å²) >= 11 is 12.5. The van der Waals surface area contributed by atoms with E-state index in [9.17, 15) is 14.4 Å². The van der Waals surface area contributed by atoms with Crippen molar-refractivity contribution in [2.45, 2.75) is 26.3 Å². The van der Waals surface area contributed by atoms with Crippen LogP contribution in [-0.2, 0) is 6.42 Å². The van der Waals surface area contributed by atoms with Gasteiger partial charge in [-0.15, -0.1) is 5.10 Å². The van der Waals surface area contributed by atoms with Crippen LogP contribution in [0.5, 0.6) is 0 Å². The first-order valence-corrected chi connectivity index (χ1v) is 8.27. The van der Waals surface area contributed by atoms with E-state index >= 15 is 0 Å². The molecule has 0 aliphatic carbocycles. The summed E-state index contributed by atoms with van der Waals surface area (Å²) in [6.45, 7) is 3.61. The molecule has 136 valence electrons. The lowest BCUT2D eigenvalue weighted by molar-refractivity contribution is 0.434. The maximum absolute atomic E-state index is 11.8. The molecule has 0 aliphatic rings. The van der Waals surface area contributed by atoms with Gasteiger partial charge in [0, 0.05) is 10.0 Å². The molecule has 0 atom stereocenters. The number of rotatable bonds is 4. The Labute approximate surface area is 155 Å². The zero-order valence-corrected chi connectivity index (χ0v) is 15.2. The summed E-state index contributed by atoms with van der Waals surface area (Å²) in [6.07, 6.45) is 1.06. The second kappa shape index (κ2) is 6.93. The van der Waals surface area contributed by atoms with Crippen molar-refractivity contribution in [3.05, 3.63) is 71.2 Å². The topological polar surface area (TPSA) is 116 Å². The molecule has 0 unspecified atom stereocenters. The van der Waals surface area contributed by atoms with Gasteiger partial charge in [0.25, 0.3) is 5.56 Å². The molecule has 1 aromatic carbocycles. The number of H-pyrrole nitrogens is 1. The predicted octanol–water partition coefficient (Wildman–Crippen LogP) is 1.55. The lowest BCUT2D eigenvalue weighted by Gasteiger charge is -2.09. The fourth-order valence-corrected chi connectivity index (χ4v) is 2.91. The highest BCUT2D eigenvalue weighted by molar-refractivity contribution is 6.36. The minimum absolute atomic E-state index is 0.0981. The molecule has 3 rings (SSSR count). The summed E-state index contributed by atoms with van der Waals surface area (Å²) in [5.74, 6) is -0.401. The monoisotopic (exact) mass is 397 g/mol. The van der Waals surface area contributed by atoms with Crippen molar-refractivity contribution in [3.63, 3.8) is 0 Å². The molecule has 0 spiro atoms. The van der Waals surface area contributed by atoms with Crippen LogP contribution in [0.3, 0.4) is 0 Å². The van der Waals surface area contributed by atoms with Gasteiger partial charge in [0.05, 0.1) is 18.2 Å². The molecule has 0 saturated carbocycles. The Morgan fingerprint density at radius 2 is 1.85 bits per heavy atom. The van der Waals surface area contributed by atoms with Crippen LogP contribution in [0, 0.1) is 0 Å². The fraction of sp³-hybridized carbons (Fsp3) is 0.267. The van der Waals surface area contributed by atoms with Gasteiger partial charge >= 0.3 is 11.4 Å². The smallest absolute Gasteiger partial charge is 0.392 e. The van der Waals surface area contributed by atoms with E-state index in [1.165, 1.54) is 16.8 Å². The summed E-state index contributed by atoms with van der Waals surface area (Å²) in [5.41, 5.74) is -0.583. The van der Waals surface area contributed by atoms with Crippen LogP contribution < -0.4 is 17.0 Å². The molecule has 2 aromatic heterocycles. The van der Waals surface area contributed by atoms with Crippen molar-refractivity contribution in [1.82, 2.24) is 24.5 Å². The van der Waals surface area contributed by atoms with E-state index in [-0.39, 0.29) is 34.1 Å². The van der Waals surface area contributed by atoms with E-state index in [2.05, 4.69) is 15.2 Å². The van der Waals surface area contributed by atoms with Gasteiger partial charge in [-0.25, -0.2) is 9.59 Å². The molecular weight excluding hydrogens is 385 g/mol. The standard InChI is InChI=1S/C15H13Cl2N5O4/c1-7(2)21-15(25)26-13(20-21)5-9-10(16)3-8(4-11(9)17)22-14(24)19-12(23)6-18-22/h3-4,6-7H,5H2,1-2H3,(H,19,23,24). The minimum Gasteiger partial charge on any atom is -0.392 e. The molecule has 0 bridgehead atoms. The number of aromatic amines is 1. The lowest BCUT2D eigenvalue weighted by Crippen LogP contribution is -2.30. The Morgan fingerprint density at radius 3 is 2.38 bits per heavy atom. The summed E-state index contributed by atoms with van der Waals surface area (Å²) in [5, 5.41) is 8.31. The van der Waals surface area contributed by atoms with Gasteiger partial charge in [-0.05, 0) is 31.5 Å². The van der Waals surface area contributed by atoms with E-state index < -0.39 is 17.0 Å². The van der Waals surface area contributed by atoms with Crippen LogP contribution in [0.2, 0.25) is 10.0 Å². The zero-order chi connectivity index (χ0) is 19.0. The highest BCUT2D eigenvalue weighted by atomic mass is 35.5. The number of aromatic nitrogens is 5. The molecule has 0 amide bonds. The molecular formula is C15H13Cl2N5O4. The number of nitrogens with one attached hydrogen (secondary N) is 1. The third kappa shape index (κ3) is 3.49. The molecule has 9 nitrogen and oxygen atoms in total. The summed E-state index contributed by atoms with van der Waals surface area (Å²) < 4.78 is 7.28. The molecule has 26 heavy (non-hydrogen) atoms. The molecule has 0 fully saturated rings. The van der Waals surface area contributed by atoms with Crippen molar-refractivity contribution >= 4 is 23.2 Å². The number of nitrogens with zero attached hydrogens (tertiary/aromatic N) is 4. The second-order valence-electron chi connectivity index (χ2n) is 5.72. The Balaban J connectivity index is 2.00. The van der Waals surface area contributed by atoms with Crippen LogP contribution in [0.15, 0.2) is 37.1 Å². The van der Waals surface area contributed by atoms with Crippen LogP contribution in [-0.4, -0.2) is 24.5 Å². The van der Waals surface area contributed by atoms with Crippen LogP contribution in [0.1, 0.15) is 31.3 Å². The Hall–Kier alpha value is -2.65. The maximum Gasteiger partial charge on any atom is 0.437 e. The van der Waals surface area contributed by atoms with Gasteiger partial charge < -0.3 is 4.42 Å². The molecule has 3 aromatic rings. The number of hydrogen-bond acceptors (Lipinski definition) is 6. The number of hydrogen-bond donors (Lipinski definition) is 1. The van der Waals surface area contributed by atoms with E-state index in [1.54, 1.807) is 13.8 Å². The van der Waals surface area contributed by atoms with Crippen molar-refractivity contribution in [3.8, 4) is 5.69 Å². The first kappa shape index (κ1) is 18.2. The van der Waals surface area contributed by atoms with Crippen LogP contribution >= 0.6 is 23.2 Å². The van der Waals surface area contributed by atoms with E-state index in [0.717, 1.165) is 10.9 Å². The molecule has 1 N–H and O–H groups in total. The van der Waals surface area contributed by atoms with Gasteiger partial charge in [-0.1, -0.05) is 23.2 Å². The largest absolute Gasteiger partial charge is 0.437 e. The minimum atomic E-state index is -0.723. The van der Waals surface area contributed by atoms with Gasteiger partial charge in [0.1, 0.15) is 6.20 Å². The molecule has 11 heteroatoms. The Bertz CT molecular complexity index is 1120. The van der Waals surface area contributed by atoms with Gasteiger partial charge in [0.2, 0.25) is 5.89 Å². The van der Waals surface area contributed by atoms with Crippen LogP contribution in [0.25, 0.3) is 5.69 Å². The predicted molar refractivity (Wildman–Crippen MR) is 94.4 cm³/mol. The van der Waals surface area contributed by atoms with E-state index in [0.29, 0.717) is 5.56 Å². The zero-order valence-electron chi connectivity index (χ0n) is 13.7. The highest BCUT2D eigenvalue weighted by Crippen LogP contribution is 2.29. The van der Waals surface area contributed by atoms with Crippen molar-refractivity contribution < 1.29 is 4.42 Å². The Kier molecular flexibility index (Phi) is 4.84. The normalized spacial score (nSPS) is 11.3. The third-order valence-corrected chi connectivity index (χ3v) is 4.19. The molecule has 2 heterocycles. The average molecular weight is 398 g/mol. The summed E-state index contributed by atoms with van der Waals surface area (Å²) in [4.78, 5) is 36.8. The molecule has 0 saturated heterocycles. The van der Waals surface area contributed by atoms with Gasteiger partial charge in [-0.3, -0.25) is 9.78 Å². The second-order valence-corrected chi connectivity index (χ2v) is 6.53. The number of halogens is 2. The molecule has 0 radical (unpaired) electrons. The Morgan fingerprint density at radius 1 is 1.19 bits per heavy atom.